The third-order valence-electron chi connectivity index (χ3n) is 3.36. The zero-order valence-corrected chi connectivity index (χ0v) is 12.8. The Morgan fingerprint density at radius 3 is 2.73 bits per heavy atom. The average molecular weight is 316 g/mol. The minimum atomic E-state index is -0.360. The maximum absolute atomic E-state index is 11.8. The predicted octanol–water partition coefficient (Wildman–Crippen LogP) is 2.42. The van der Waals surface area contributed by atoms with Gasteiger partial charge >= 0.3 is 5.76 Å². The van der Waals surface area contributed by atoms with E-state index in [0.717, 1.165) is 17.1 Å². The van der Waals surface area contributed by atoms with Crippen LogP contribution in [0.2, 0.25) is 0 Å². The molecule has 0 saturated carbocycles. The van der Waals surface area contributed by atoms with Crippen LogP contribution in [-0.4, -0.2) is 20.4 Å². The van der Waals surface area contributed by atoms with Gasteiger partial charge in [0.15, 0.2) is 11.2 Å². The van der Waals surface area contributed by atoms with Crippen molar-refractivity contribution in [1.82, 2.24) is 9.55 Å². The summed E-state index contributed by atoms with van der Waals surface area (Å²) in [5.41, 5.74) is 3.23. The first-order valence-corrected chi connectivity index (χ1v) is 8.14. The van der Waals surface area contributed by atoms with E-state index < -0.39 is 0 Å². The van der Waals surface area contributed by atoms with E-state index in [1.54, 1.807) is 34.7 Å². The number of thioether (sulfide) groups is 1. The van der Waals surface area contributed by atoms with Gasteiger partial charge in [0.1, 0.15) is 0 Å². The number of aliphatic hydroxyl groups is 1. The molecular weight excluding hydrogens is 300 g/mol. The topological polar surface area (TPSA) is 68.3 Å². The van der Waals surface area contributed by atoms with Gasteiger partial charge in [-0.05, 0) is 23.3 Å². The molecule has 0 fully saturated rings. The molecule has 3 rings (SSSR count). The van der Waals surface area contributed by atoms with Gasteiger partial charge in [0, 0.05) is 24.2 Å². The zero-order chi connectivity index (χ0) is 15.4. The van der Waals surface area contributed by atoms with Crippen molar-refractivity contribution in [1.29, 1.82) is 0 Å². The molecule has 1 aromatic carbocycles. The highest BCUT2D eigenvalue weighted by Gasteiger charge is 2.09. The molecule has 0 spiro atoms. The van der Waals surface area contributed by atoms with E-state index in [9.17, 15) is 4.79 Å². The van der Waals surface area contributed by atoms with E-state index in [0.29, 0.717) is 17.8 Å². The van der Waals surface area contributed by atoms with Gasteiger partial charge < -0.3 is 9.52 Å². The van der Waals surface area contributed by atoms with Crippen molar-refractivity contribution in [3.8, 4) is 0 Å². The molecule has 22 heavy (non-hydrogen) atoms. The van der Waals surface area contributed by atoms with Crippen LogP contribution in [0.4, 0.5) is 0 Å². The van der Waals surface area contributed by atoms with E-state index in [2.05, 4.69) is 4.98 Å². The summed E-state index contributed by atoms with van der Waals surface area (Å²) in [7, 11) is 0. The summed E-state index contributed by atoms with van der Waals surface area (Å²) < 4.78 is 6.72. The molecular formula is C16H16N2O3S. The number of nitrogens with zero attached hydrogens (tertiary/aromatic N) is 2. The Kier molecular flexibility index (Phi) is 4.60. The molecule has 0 aliphatic heterocycles. The Balaban J connectivity index is 1.58. The molecule has 0 saturated heterocycles. The molecule has 0 aliphatic rings. The molecule has 0 bridgehead atoms. The number of fused-ring (bicyclic) bond motifs is 1. The van der Waals surface area contributed by atoms with Gasteiger partial charge in [-0.15, -0.1) is 0 Å². The molecule has 2 heterocycles. The SMILES string of the molecule is O=c1oc2cccnc2n1CCSCc1ccc(CO)cc1. The Labute approximate surface area is 131 Å². The van der Waals surface area contributed by atoms with Crippen LogP contribution < -0.4 is 5.76 Å². The Bertz CT molecular complexity index is 808. The molecule has 0 unspecified atom stereocenters. The highest BCUT2D eigenvalue weighted by Crippen LogP contribution is 2.15. The van der Waals surface area contributed by atoms with Gasteiger partial charge in [0.2, 0.25) is 0 Å². The predicted molar refractivity (Wildman–Crippen MR) is 86.8 cm³/mol. The summed E-state index contributed by atoms with van der Waals surface area (Å²) in [6.07, 6.45) is 1.66. The van der Waals surface area contributed by atoms with Gasteiger partial charge in [-0.1, -0.05) is 24.3 Å². The first-order chi connectivity index (χ1) is 10.8. The van der Waals surface area contributed by atoms with E-state index in [4.69, 9.17) is 9.52 Å². The molecule has 3 aromatic rings. The fraction of sp³-hybridized carbons (Fsp3) is 0.250. The molecule has 5 nitrogen and oxygen atoms in total. The first-order valence-electron chi connectivity index (χ1n) is 6.99. The summed E-state index contributed by atoms with van der Waals surface area (Å²) in [5, 5.41) is 9.01. The van der Waals surface area contributed by atoms with Gasteiger partial charge in [0.05, 0.1) is 6.61 Å². The molecule has 0 amide bonds. The van der Waals surface area contributed by atoms with Crippen LogP contribution in [0, 0.1) is 0 Å². The maximum atomic E-state index is 11.8. The van der Waals surface area contributed by atoms with Crippen LogP contribution >= 0.6 is 11.8 Å². The summed E-state index contributed by atoms with van der Waals surface area (Å²) in [6, 6.07) is 11.4. The largest absolute Gasteiger partial charge is 0.421 e. The lowest BCUT2D eigenvalue weighted by Crippen LogP contribution is -2.16. The van der Waals surface area contributed by atoms with Crippen molar-refractivity contribution in [2.75, 3.05) is 5.75 Å². The highest BCUT2D eigenvalue weighted by molar-refractivity contribution is 7.98. The van der Waals surface area contributed by atoms with Crippen molar-refractivity contribution in [3.05, 3.63) is 64.3 Å². The minimum absolute atomic E-state index is 0.0664. The Morgan fingerprint density at radius 2 is 1.95 bits per heavy atom. The summed E-state index contributed by atoms with van der Waals surface area (Å²) >= 11 is 1.74. The smallest absolute Gasteiger partial charge is 0.406 e. The number of aliphatic hydroxyl groups excluding tert-OH is 1. The first kappa shape index (κ1) is 14.9. The quantitative estimate of drug-likeness (QED) is 0.707. The third-order valence-corrected chi connectivity index (χ3v) is 4.37. The van der Waals surface area contributed by atoms with Crippen molar-refractivity contribution < 1.29 is 9.52 Å². The van der Waals surface area contributed by atoms with Crippen LogP contribution in [-0.2, 0) is 18.9 Å². The molecule has 6 heteroatoms. The third kappa shape index (κ3) is 3.23. The second-order valence-corrected chi connectivity index (χ2v) is 5.98. The fourth-order valence-electron chi connectivity index (χ4n) is 2.18. The van der Waals surface area contributed by atoms with E-state index in [-0.39, 0.29) is 12.4 Å². The normalized spacial score (nSPS) is 11.1. The van der Waals surface area contributed by atoms with Gasteiger partial charge in [0.25, 0.3) is 0 Å². The molecule has 0 aliphatic carbocycles. The Morgan fingerprint density at radius 1 is 1.18 bits per heavy atom. The lowest BCUT2D eigenvalue weighted by atomic mass is 10.2. The van der Waals surface area contributed by atoms with Crippen LogP contribution in [0.25, 0.3) is 11.2 Å². The number of benzene rings is 1. The van der Waals surface area contributed by atoms with Gasteiger partial charge in [-0.25, -0.2) is 9.78 Å². The molecule has 2 aromatic heterocycles. The molecule has 0 atom stereocenters. The van der Waals surface area contributed by atoms with Crippen LogP contribution in [0.3, 0.4) is 0 Å². The van der Waals surface area contributed by atoms with E-state index in [1.165, 1.54) is 5.56 Å². The van der Waals surface area contributed by atoms with Crippen molar-refractivity contribution in [2.45, 2.75) is 18.9 Å². The summed E-state index contributed by atoms with van der Waals surface area (Å²) in [6.45, 7) is 0.638. The Hall–Kier alpha value is -2.05. The standard InChI is InChI=1S/C16H16N2O3S/c19-10-12-3-5-13(6-4-12)11-22-9-8-18-15-14(21-16(18)20)2-1-7-17-15/h1-7,19H,8-11H2. The number of pyridine rings is 1. The fourth-order valence-corrected chi connectivity index (χ4v) is 3.07. The zero-order valence-electron chi connectivity index (χ0n) is 11.9. The molecule has 0 radical (unpaired) electrons. The van der Waals surface area contributed by atoms with Gasteiger partial charge in [-0.2, -0.15) is 11.8 Å². The number of rotatable bonds is 6. The molecule has 1 N–H and O–H groups in total. The number of hydrogen-bond donors (Lipinski definition) is 1. The van der Waals surface area contributed by atoms with Crippen molar-refractivity contribution in [2.24, 2.45) is 0 Å². The monoisotopic (exact) mass is 316 g/mol. The number of aromatic nitrogens is 2. The second-order valence-electron chi connectivity index (χ2n) is 4.87. The average Bonchev–Trinajstić information content (AvgIpc) is 2.88. The second kappa shape index (κ2) is 6.81. The number of oxazole rings is 1. The highest BCUT2D eigenvalue weighted by atomic mass is 32.2. The van der Waals surface area contributed by atoms with Gasteiger partial charge in [-0.3, -0.25) is 4.57 Å². The summed E-state index contributed by atoms with van der Waals surface area (Å²) in [5.74, 6) is 1.30. The van der Waals surface area contributed by atoms with Crippen molar-refractivity contribution in [3.63, 3.8) is 0 Å². The van der Waals surface area contributed by atoms with Crippen molar-refractivity contribution >= 4 is 23.0 Å². The van der Waals surface area contributed by atoms with E-state index in [1.807, 2.05) is 24.3 Å². The van der Waals surface area contributed by atoms with Crippen LogP contribution in [0.5, 0.6) is 0 Å². The number of hydrogen-bond acceptors (Lipinski definition) is 5. The number of aryl methyl sites for hydroxylation is 1. The van der Waals surface area contributed by atoms with Crippen LogP contribution in [0.15, 0.2) is 51.8 Å². The van der Waals surface area contributed by atoms with Crippen LogP contribution in [0.1, 0.15) is 11.1 Å². The lowest BCUT2D eigenvalue weighted by Gasteiger charge is -2.04. The maximum Gasteiger partial charge on any atom is 0.421 e. The summed E-state index contributed by atoms with van der Waals surface area (Å²) in [4.78, 5) is 16.0. The van der Waals surface area contributed by atoms with E-state index >= 15 is 0 Å². The lowest BCUT2D eigenvalue weighted by molar-refractivity contribution is 0.282. The minimum Gasteiger partial charge on any atom is -0.406 e. The molecule has 114 valence electrons.